The highest BCUT2D eigenvalue weighted by Crippen LogP contribution is 2.39. The monoisotopic (exact) mass is 403 g/mol. The number of hydrogen-bond acceptors (Lipinski definition) is 5. The van der Waals surface area contributed by atoms with Crippen molar-refractivity contribution in [3.8, 4) is 17.1 Å². The molecule has 0 saturated carbocycles. The molecular formula is C23H25N5O2. The molecule has 0 saturated heterocycles. The first-order chi connectivity index (χ1) is 14.4. The predicted molar refractivity (Wildman–Crippen MR) is 116 cm³/mol. The number of rotatable bonds is 5. The molecule has 0 spiro atoms. The van der Waals surface area contributed by atoms with E-state index >= 15 is 0 Å². The molecule has 3 N–H and O–H groups in total. The second-order valence-electron chi connectivity index (χ2n) is 7.40. The van der Waals surface area contributed by atoms with Crippen LogP contribution >= 0.6 is 0 Å². The van der Waals surface area contributed by atoms with Gasteiger partial charge in [-0.1, -0.05) is 30.3 Å². The molecule has 0 fully saturated rings. The molecule has 2 heterocycles. The predicted octanol–water partition coefficient (Wildman–Crippen LogP) is 3.73. The maximum atomic E-state index is 12.4. The smallest absolute Gasteiger partial charge is 0.248 e. The second kappa shape index (κ2) is 7.67. The van der Waals surface area contributed by atoms with Gasteiger partial charge in [-0.3, -0.25) is 4.79 Å². The van der Waals surface area contributed by atoms with E-state index in [1.165, 1.54) is 11.1 Å². The van der Waals surface area contributed by atoms with Crippen LogP contribution in [0.25, 0.3) is 11.4 Å². The number of fused-ring (bicyclic) bond motifs is 1. The summed E-state index contributed by atoms with van der Waals surface area (Å²) in [6.07, 6.45) is 0. The number of aromatic nitrogens is 3. The zero-order valence-corrected chi connectivity index (χ0v) is 17.6. The van der Waals surface area contributed by atoms with E-state index in [9.17, 15) is 4.79 Å². The quantitative estimate of drug-likeness (QED) is 0.677. The van der Waals surface area contributed by atoms with Crippen LogP contribution in [0.1, 0.15) is 36.6 Å². The lowest BCUT2D eigenvalue weighted by molar-refractivity contribution is -0.115. The van der Waals surface area contributed by atoms with Crippen molar-refractivity contribution in [1.82, 2.24) is 14.8 Å². The number of hydrogen-bond donors (Lipinski definition) is 2. The molecule has 1 aliphatic heterocycles. The number of nitrogens with two attached hydrogens (primary N) is 1. The molecule has 1 atom stereocenters. The summed E-state index contributed by atoms with van der Waals surface area (Å²) in [7, 11) is 0. The zero-order chi connectivity index (χ0) is 21.4. The van der Waals surface area contributed by atoms with Crippen molar-refractivity contribution in [2.24, 2.45) is 5.73 Å². The Bertz CT molecular complexity index is 1160. The van der Waals surface area contributed by atoms with Gasteiger partial charge in [0.1, 0.15) is 11.8 Å². The van der Waals surface area contributed by atoms with Crippen LogP contribution < -0.4 is 15.8 Å². The summed E-state index contributed by atoms with van der Waals surface area (Å²) in [5.41, 5.74) is 11.0. The molecule has 7 heteroatoms. The van der Waals surface area contributed by atoms with Gasteiger partial charge < -0.3 is 15.8 Å². The first-order valence-electron chi connectivity index (χ1n) is 9.94. The number of carbonyl (C=O) groups is 1. The van der Waals surface area contributed by atoms with Crippen LogP contribution in [0.2, 0.25) is 0 Å². The fraction of sp³-hybridized carbons (Fsp3) is 0.261. The largest absolute Gasteiger partial charge is 0.494 e. The van der Waals surface area contributed by atoms with E-state index < -0.39 is 11.9 Å². The summed E-state index contributed by atoms with van der Waals surface area (Å²) >= 11 is 0. The van der Waals surface area contributed by atoms with Gasteiger partial charge in [0.25, 0.3) is 0 Å². The van der Waals surface area contributed by atoms with E-state index in [0.29, 0.717) is 35.4 Å². The average molecular weight is 403 g/mol. The number of allylic oxidation sites excluding steroid dienone is 1. The van der Waals surface area contributed by atoms with Crippen molar-refractivity contribution < 1.29 is 9.53 Å². The van der Waals surface area contributed by atoms with Crippen LogP contribution in [0.3, 0.4) is 0 Å². The number of primary amides is 1. The molecule has 1 aliphatic rings. The number of amides is 1. The maximum absolute atomic E-state index is 12.4. The van der Waals surface area contributed by atoms with E-state index in [-0.39, 0.29) is 0 Å². The molecule has 154 valence electrons. The summed E-state index contributed by atoms with van der Waals surface area (Å²) in [5.74, 6) is 1.32. The Hall–Kier alpha value is -3.61. The molecule has 3 aromatic rings. The van der Waals surface area contributed by atoms with Gasteiger partial charge in [-0.25, -0.2) is 4.68 Å². The standard InChI is InChI=1S/C23H25N5O2/c1-5-30-18-9-7-6-8-17(18)20-19(21(24)29)15(4)25-23-26-22(27-28(20)23)16-11-10-13(2)14(3)12-16/h6-12,20H,5H2,1-4H3,(H2,24,29)(H,25,26,27). The number of ether oxygens (including phenoxy) is 1. The number of benzene rings is 2. The molecule has 0 radical (unpaired) electrons. The van der Waals surface area contributed by atoms with Crippen LogP contribution in [0.5, 0.6) is 5.75 Å². The highest BCUT2D eigenvalue weighted by atomic mass is 16.5. The lowest BCUT2D eigenvalue weighted by Crippen LogP contribution is -2.32. The van der Waals surface area contributed by atoms with E-state index in [2.05, 4.69) is 31.3 Å². The van der Waals surface area contributed by atoms with Gasteiger partial charge in [0.2, 0.25) is 11.9 Å². The number of anilines is 1. The SMILES string of the molecule is CCOc1ccccc1C1C(C(N)=O)=C(C)Nc2nc(-c3ccc(C)c(C)c3)nn21. The van der Waals surface area contributed by atoms with Gasteiger partial charge in [-0.05, 0) is 51.0 Å². The second-order valence-corrected chi connectivity index (χ2v) is 7.40. The molecule has 1 aromatic heterocycles. The van der Waals surface area contributed by atoms with E-state index in [1.54, 1.807) is 4.68 Å². The summed E-state index contributed by atoms with van der Waals surface area (Å²) in [5, 5.41) is 7.95. The minimum Gasteiger partial charge on any atom is -0.494 e. The molecule has 2 aromatic carbocycles. The molecular weight excluding hydrogens is 378 g/mol. The lowest BCUT2D eigenvalue weighted by atomic mass is 9.94. The number of aryl methyl sites for hydroxylation is 2. The van der Waals surface area contributed by atoms with E-state index in [0.717, 1.165) is 11.1 Å². The number of para-hydroxylation sites is 1. The van der Waals surface area contributed by atoms with Crippen LogP contribution in [0, 0.1) is 13.8 Å². The van der Waals surface area contributed by atoms with Crippen molar-refractivity contribution in [2.45, 2.75) is 33.7 Å². The van der Waals surface area contributed by atoms with Crippen LogP contribution in [-0.2, 0) is 4.79 Å². The number of carbonyl (C=O) groups excluding carboxylic acids is 1. The zero-order valence-electron chi connectivity index (χ0n) is 17.6. The highest BCUT2D eigenvalue weighted by molar-refractivity contribution is 5.95. The van der Waals surface area contributed by atoms with Crippen LogP contribution in [0.15, 0.2) is 53.7 Å². The third-order valence-corrected chi connectivity index (χ3v) is 5.40. The summed E-state index contributed by atoms with van der Waals surface area (Å²) in [6, 6.07) is 13.2. The van der Waals surface area contributed by atoms with Crippen LogP contribution in [0.4, 0.5) is 5.95 Å². The van der Waals surface area contributed by atoms with E-state index in [4.69, 9.17) is 20.6 Å². The Kier molecular flexibility index (Phi) is 5.03. The fourth-order valence-electron chi connectivity index (χ4n) is 3.75. The van der Waals surface area contributed by atoms with Gasteiger partial charge in [0.15, 0.2) is 5.82 Å². The minimum absolute atomic E-state index is 0.436. The topological polar surface area (TPSA) is 95.1 Å². The Labute approximate surface area is 175 Å². The van der Waals surface area contributed by atoms with Crippen molar-refractivity contribution in [3.05, 3.63) is 70.4 Å². The maximum Gasteiger partial charge on any atom is 0.248 e. The van der Waals surface area contributed by atoms with Crippen molar-refractivity contribution in [3.63, 3.8) is 0 Å². The normalized spacial score (nSPS) is 15.5. The molecule has 1 unspecified atom stereocenters. The third kappa shape index (κ3) is 3.32. The Morgan fingerprint density at radius 1 is 1.17 bits per heavy atom. The first kappa shape index (κ1) is 19.7. The third-order valence-electron chi connectivity index (χ3n) is 5.40. The summed E-state index contributed by atoms with van der Waals surface area (Å²) in [6.45, 7) is 8.39. The summed E-state index contributed by atoms with van der Waals surface area (Å²) in [4.78, 5) is 17.1. The molecule has 7 nitrogen and oxygen atoms in total. The van der Waals surface area contributed by atoms with E-state index in [1.807, 2.05) is 44.2 Å². The fourth-order valence-corrected chi connectivity index (χ4v) is 3.75. The first-order valence-corrected chi connectivity index (χ1v) is 9.94. The van der Waals surface area contributed by atoms with Crippen molar-refractivity contribution in [2.75, 3.05) is 11.9 Å². The van der Waals surface area contributed by atoms with Crippen LogP contribution in [-0.4, -0.2) is 27.3 Å². The van der Waals surface area contributed by atoms with Gasteiger partial charge in [-0.15, -0.1) is 5.10 Å². The number of nitrogens with one attached hydrogen (secondary N) is 1. The lowest BCUT2D eigenvalue weighted by Gasteiger charge is -2.28. The van der Waals surface area contributed by atoms with Crippen molar-refractivity contribution in [1.29, 1.82) is 0 Å². The average Bonchev–Trinajstić information content (AvgIpc) is 3.13. The molecule has 30 heavy (non-hydrogen) atoms. The molecule has 0 aliphatic carbocycles. The Balaban J connectivity index is 1.90. The Morgan fingerprint density at radius 3 is 2.63 bits per heavy atom. The molecule has 0 bridgehead atoms. The Morgan fingerprint density at radius 2 is 1.93 bits per heavy atom. The summed E-state index contributed by atoms with van der Waals surface area (Å²) < 4.78 is 7.55. The van der Waals surface area contributed by atoms with Gasteiger partial charge in [0, 0.05) is 16.8 Å². The molecule has 1 amide bonds. The minimum atomic E-state index is -0.533. The highest BCUT2D eigenvalue weighted by Gasteiger charge is 2.35. The molecule has 4 rings (SSSR count). The van der Waals surface area contributed by atoms with Crippen molar-refractivity contribution >= 4 is 11.9 Å². The van der Waals surface area contributed by atoms with Gasteiger partial charge in [0.05, 0.1) is 12.2 Å². The van der Waals surface area contributed by atoms with Gasteiger partial charge >= 0.3 is 0 Å². The number of nitrogens with zero attached hydrogens (tertiary/aromatic N) is 3. The van der Waals surface area contributed by atoms with Gasteiger partial charge in [-0.2, -0.15) is 4.98 Å².